The summed E-state index contributed by atoms with van der Waals surface area (Å²) in [5.41, 5.74) is 0. The van der Waals surface area contributed by atoms with E-state index in [-0.39, 0.29) is 6.23 Å². The summed E-state index contributed by atoms with van der Waals surface area (Å²) in [4.78, 5) is 1.94. The fraction of sp³-hybridized carbons (Fsp3) is 1.00. The van der Waals surface area contributed by atoms with Gasteiger partial charge in [0.2, 0.25) is 0 Å². The summed E-state index contributed by atoms with van der Waals surface area (Å²) in [6.07, 6.45) is -0.384. The van der Waals surface area contributed by atoms with E-state index < -0.39 is 0 Å². The Morgan fingerprint density at radius 3 is 2.44 bits per heavy atom. The van der Waals surface area contributed by atoms with Gasteiger partial charge in [-0.15, -0.1) is 0 Å². The Labute approximate surface area is 56.7 Å². The molecule has 0 aromatic carbocycles. The highest BCUT2D eigenvalue weighted by Gasteiger charge is 2.00. The molecule has 0 saturated heterocycles. The first kappa shape index (κ1) is 8.88. The number of hydrogen-bond donors (Lipinski definition) is 2. The monoisotopic (exact) mass is 132 g/mol. The predicted molar refractivity (Wildman–Crippen MR) is 38.2 cm³/mol. The quantitative estimate of drug-likeness (QED) is 0.505. The number of likely N-dealkylation sites (N-methyl/N-ethyl adjacent to an activating group) is 2. The fourth-order valence-electron chi connectivity index (χ4n) is 0.646. The van der Waals surface area contributed by atoms with E-state index in [9.17, 15) is 0 Å². The lowest BCUT2D eigenvalue weighted by Crippen LogP contribution is -2.37. The molecular weight excluding hydrogens is 116 g/mol. The zero-order valence-electron chi connectivity index (χ0n) is 6.39. The van der Waals surface area contributed by atoms with Crippen molar-refractivity contribution in [2.75, 3.05) is 27.2 Å². The number of nitrogens with one attached hydrogen (secondary N) is 1. The third kappa shape index (κ3) is 5.76. The van der Waals surface area contributed by atoms with E-state index in [0.29, 0.717) is 6.54 Å². The largest absolute Gasteiger partial charge is 0.377 e. The fourth-order valence-corrected chi connectivity index (χ4v) is 0.646. The van der Waals surface area contributed by atoms with Crippen molar-refractivity contribution in [3.8, 4) is 0 Å². The molecule has 0 aromatic rings. The molecule has 9 heavy (non-hydrogen) atoms. The Hall–Kier alpha value is -0.120. The summed E-state index contributed by atoms with van der Waals surface area (Å²) < 4.78 is 0. The molecule has 2 N–H and O–H groups in total. The molecule has 0 aliphatic heterocycles. The van der Waals surface area contributed by atoms with E-state index in [0.717, 1.165) is 6.54 Å². The van der Waals surface area contributed by atoms with Crippen LogP contribution in [0.5, 0.6) is 0 Å². The Bertz CT molecular complexity index is 66.1. The van der Waals surface area contributed by atoms with Crippen LogP contribution in [0, 0.1) is 0 Å². The maximum Gasteiger partial charge on any atom is 0.117 e. The summed E-state index contributed by atoms with van der Waals surface area (Å²) in [6, 6.07) is 0. The molecule has 3 heteroatoms. The first-order valence-electron chi connectivity index (χ1n) is 3.23. The van der Waals surface area contributed by atoms with Gasteiger partial charge in [-0.1, -0.05) is 6.92 Å². The first-order chi connectivity index (χ1) is 4.16. The van der Waals surface area contributed by atoms with Crippen LogP contribution in [-0.2, 0) is 0 Å². The highest BCUT2D eigenvalue weighted by atomic mass is 16.3. The van der Waals surface area contributed by atoms with Crippen molar-refractivity contribution in [1.82, 2.24) is 10.2 Å². The van der Waals surface area contributed by atoms with Crippen LogP contribution in [0.15, 0.2) is 0 Å². The molecule has 0 amide bonds. The molecular formula is C6H16N2O. The number of aliphatic hydroxyl groups is 1. The van der Waals surface area contributed by atoms with Gasteiger partial charge in [0.05, 0.1) is 0 Å². The molecule has 1 atom stereocenters. The maximum absolute atomic E-state index is 9.07. The van der Waals surface area contributed by atoms with Gasteiger partial charge in [-0.2, -0.15) is 0 Å². The van der Waals surface area contributed by atoms with Crippen molar-refractivity contribution in [2.45, 2.75) is 13.2 Å². The van der Waals surface area contributed by atoms with E-state index in [1.54, 1.807) is 0 Å². The van der Waals surface area contributed by atoms with E-state index in [1.807, 2.05) is 25.9 Å². The lowest BCUT2D eigenvalue weighted by molar-refractivity contribution is 0.107. The molecule has 0 saturated carbocycles. The third-order valence-electron chi connectivity index (χ3n) is 0.978. The zero-order valence-corrected chi connectivity index (χ0v) is 6.39. The number of aliphatic hydroxyl groups excluding tert-OH is 1. The van der Waals surface area contributed by atoms with Crippen LogP contribution in [-0.4, -0.2) is 43.4 Å². The minimum Gasteiger partial charge on any atom is -0.377 e. The van der Waals surface area contributed by atoms with Crippen LogP contribution in [0.1, 0.15) is 6.92 Å². The lowest BCUT2D eigenvalue weighted by atomic mass is 10.5. The summed E-state index contributed by atoms with van der Waals surface area (Å²) in [5.74, 6) is 0. The lowest BCUT2D eigenvalue weighted by Gasteiger charge is -2.15. The Balaban J connectivity index is 3.15. The van der Waals surface area contributed by atoms with Gasteiger partial charge in [-0.25, -0.2) is 0 Å². The van der Waals surface area contributed by atoms with Crippen molar-refractivity contribution in [3.05, 3.63) is 0 Å². The van der Waals surface area contributed by atoms with Gasteiger partial charge in [-0.3, -0.25) is 5.32 Å². The second kappa shape index (κ2) is 4.73. The van der Waals surface area contributed by atoms with Crippen LogP contribution in [0.25, 0.3) is 0 Å². The van der Waals surface area contributed by atoms with E-state index >= 15 is 0 Å². The van der Waals surface area contributed by atoms with Crippen molar-refractivity contribution in [2.24, 2.45) is 0 Å². The van der Waals surface area contributed by atoms with Crippen molar-refractivity contribution < 1.29 is 5.11 Å². The second-order valence-corrected chi connectivity index (χ2v) is 2.34. The van der Waals surface area contributed by atoms with Gasteiger partial charge in [0, 0.05) is 6.54 Å². The van der Waals surface area contributed by atoms with Crippen LogP contribution in [0.2, 0.25) is 0 Å². The smallest absolute Gasteiger partial charge is 0.117 e. The maximum atomic E-state index is 9.07. The van der Waals surface area contributed by atoms with E-state index in [2.05, 4.69) is 5.32 Å². The first-order valence-corrected chi connectivity index (χ1v) is 3.23. The van der Waals surface area contributed by atoms with Crippen molar-refractivity contribution >= 4 is 0 Å². The minimum absolute atomic E-state index is 0.384. The molecule has 0 fully saturated rings. The number of nitrogens with zero attached hydrogens (tertiary/aromatic N) is 1. The SMILES string of the molecule is CCNC(O)CN(C)C. The number of hydrogen-bond acceptors (Lipinski definition) is 3. The Kier molecular flexibility index (Phi) is 4.67. The molecule has 0 aliphatic rings. The number of rotatable bonds is 4. The van der Waals surface area contributed by atoms with Crippen molar-refractivity contribution in [3.63, 3.8) is 0 Å². The van der Waals surface area contributed by atoms with E-state index in [1.165, 1.54) is 0 Å². The van der Waals surface area contributed by atoms with Gasteiger partial charge in [0.1, 0.15) is 6.23 Å². The molecule has 0 rings (SSSR count). The minimum atomic E-state index is -0.384. The molecule has 0 bridgehead atoms. The molecule has 3 nitrogen and oxygen atoms in total. The van der Waals surface area contributed by atoms with Gasteiger partial charge in [-0.05, 0) is 20.6 Å². The summed E-state index contributed by atoms with van der Waals surface area (Å²) in [5, 5.41) is 12.0. The molecule has 0 aromatic heterocycles. The van der Waals surface area contributed by atoms with Gasteiger partial charge in [0.25, 0.3) is 0 Å². The summed E-state index contributed by atoms with van der Waals surface area (Å²) >= 11 is 0. The standard InChI is InChI=1S/C6H16N2O/c1-4-7-6(9)5-8(2)3/h6-7,9H,4-5H2,1-3H3. The van der Waals surface area contributed by atoms with Crippen LogP contribution >= 0.6 is 0 Å². The molecule has 0 aliphatic carbocycles. The van der Waals surface area contributed by atoms with Gasteiger partial charge >= 0.3 is 0 Å². The van der Waals surface area contributed by atoms with Gasteiger partial charge < -0.3 is 10.0 Å². The Morgan fingerprint density at radius 1 is 1.56 bits per heavy atom. The van der Waals surface area contributed by atoms with Crippen LogP contribution < -0.4 is 5.32 Å². The summed E-state index contributed by atoms with van der Waals surface area (Å²) in [7, 11) is 3.86. The molecule has 0 heterocycles. The topological polar surface area (TPSA) is 35.5 Å². The van der Waals surface area contributed by atoms with Crippen LogP contribution in [0.3, 0.4) is 0 Å². The van der Waals surface area contributed by atoms with Gasteiger partial charge in [0.15, 0.2) is 0 Å². The molecule has 0 radical (unpaired) electrons. The second-order valence-electron chi connectivity index (χ2n) is 2.34. The highest BCUT2D eigenvalue weighted by molar-refractivity contribution is 4.53. The average Bonchev–Trinajstić information content (AvgIpc) is 1.63. The molecule has 56 valence electrons. The van der Waals surface area contributed by atoms with E-state index in [4.69, 9.17) is 5.11 Å². The normalized spacial score (nSPS) is 14.3. The highest BCUT2D eigenvalue weighted by Crippen LogP contribution is 1.79. The average molecular weight is 132 g/mol. The molecule has 1 unspecified atom stereocenters. The summed E-state index contributed by atoms with van der Waals surface area (Å²) in [6.45, 7) is 3.46. The zero-order chi connectivity index (χ0) is 7.28. The Morgan fingerprint density at radius 2 is 2.11 bits per heavy atom. The third-order valence-corrected chi connectivity index (χ3v) is 0.978. The van der Waals surface area contributed by atoms with Crippen LogP contribution in [0.4, 0.5) is 0 Å². The predicted octanol–water partition coefficient (Wildman–Crippen LogP) is -0.524. The van der Waals surface area contributed by atoms with Crippen molar-refractivity contribution in [1.29, 1.82) is 0 Å². The molecule has 0 spiro atoms.